The van der Waals surface area contributed by atoms with Crippen molar-refractivity contribution >= 4 is 16.9 Å². The predicted octanol–water partition coefficient (Wildman–Crippen LogP) is 1.95. The van der Waals surface area contributed by atoms with Gasteiger partial charge in [-0.3, -0.25) is 0 Å². The maximum atomic E-state index is 5.20. The second-order valence-corrected chi connectivity index (χ2v) is 3.29. The number of rotatable bonds is 1. The lowest BCUT2D eigenvalue weighted by Gasteiger charge is -2.10. The van der Waals surface area contributed by atoms with Gasteiger partial charge in [0.1, 0.15) is 5.01 Å². The fourth-order valence-corrected chi connectivity index (χ4v) is 1.81. The normalized spacial score (nSPS) is 18.0. The van der Waals surface area contributed by atoms with E-state index in [-0.39, 0.29) is 0 Å². The lowest BCUT2D eigenvalue weighted by Crippen LogP contribution is -2.03. The second-order valence-electron chi connectivity index (χ2n) is 2.39. The van der Waals surface area contributed by atoms with Gasteiger partial charge in [-0.05, 0) is 12.0 Å². The highest BCUT2D eigenvalue weighted by atomic mass is 32.1. The molecule has 58 valence electrons. The molecule has 1 aromatic heterocycles. The van der Waals surface area contributed by atoms with E-state index in [4.69, 9.17) is 4.74 Å². The molecule has 1 aliphatic heterocycles. The molecule has 0 unspecified atom stereocenters. The van der Waals surface area contributed by atoms with Crippen LogP contribution in [0.25, 0.3) is 5.57 Å². The van der Waals surface area contributed by atoms with E-state index in [1.807, 2.05) is 11.6 Å². The first-order chi connectivity index (χ1) is 5.47. The summed E-state index contributed by atoms with van der Waals surface area (Å²) < 4.78 is 5.20. The first-order valence-electron chi connectivity index (χ1n) is 3.63. The van der Waals surface area contributed by atoms with Crippen LogP contribution in [0.1, 0.15) is 11.4 Å². The molecule has 2 rings (SSSR count). The predicted molar refractivity (Wildman–Crippen MR) is 45.5 cm³/mol. The van der Waals surface area contributed by atoms with Crippen LogP contribution in [0.2, 0.25) is 0 Å². The SMILES string of the molecule is C1=C(c2nccs2)CCOC1. The second kappa shape index (κ2) is 3.15. The van der Waals surface area contributed by atoms with Gasteiger partial charge in [-0.25, -0.2) is 4.98 Å². The van der Waals surface area contributed by atoms with Crippen LogP contribution in [-0.4, -0.2) is 18.2 Å². The minimum atomic E-state index is 0.745. The van der Waals surface area contributed by atoms with Gasteiger partial charge in [-0.2, -0.15) is 0 Å². The number of thiazole rings is 1. The maximum Gasteiger partial charge on any atom is 0.119 e. The minimum Gasteiger partial charge on any atom is -0.377 e. The summed E-state index contributed by atoms with van der Waals surface area (Å²) in [6, 6.07) is 0. The van der Waals surface area contributed by atoms with Gasteiger partial charge < -0.3 is 4.74 Å². The van der Waals surface area contributed by atoms with Crippen molar-refractivity contribution in [1.29, 1.82) is 0 Å². The number of ether oxygens (including phenoxy) is 1. The van der Waals surface area contributed by atoms with Crippen molar-refractivity contribution in [2.24, 2.45) is 0 Å². The highest BCUT2D eigenvalue weighted by Gasteiger charge is 2.07. The Balaban J connectivity index is 2.22. The fourth-order valence-electron chi connectivity index (χ4n) is 1.10. The summed E-state index contributed by atoms with van der Waals surface area (Å²) in [5, 5.41) is 3.15. The van der Waals surface area contributed by atoms with E-state index in [1.165, 1.54) is 5.57 Å². The summed E-state index contributed by atoms with van der Waals surface area (Å²) in [7, 11) is 0. The van der Waals surface area contributed by atoms with Crippen molar-refractivity contribution in [2.75, 3.05) is 13.2 Å². The van der Waals surface area contributed by atoms with Gasteiger partial charge in [0.15, 0.2) is 0 Å². The molecule has 0 saturated carbocycles. The first kappa shape index (κ1) is 7.00. The quantitative estimate of drug-likeness (QED) is 0.637. The topological polar surface area (TPSA) is 22.1 Å². The van der Waals surface area contributed by atoms with Crippen LogP contribution in [0.3, 0.4) is 0 Å². The van der Waals surface area contributed by atoms with Crippen LogP contribution in [0.5, 0.6) is 0 Å². The Labute approximate surface area is 69.5 Å². The highest BCUT2D eigenvalue weighted by molar-refractivity contribution is 7.10. The Bertz CT molecular complexity index is 253. The van der Waals surface area contributed by atoms with Crippen LogP contribution >= 0.6 is 11.3 Å². The van der Waals surface area contributed by atoms with Crippen molar-refractivity contribution in [3.63, 3.8) is 0 Å². The Morgan fingerprint density at radius 3 is 3.18 bits per heavy atom. The Kier molecular flexibility index (Phi) is 2.01. The standard InChI is InChI=1S/C8H9NOS/c1-4-10-5-2-7(1)8-9-3-6-11-8/h1,3,6H,2,4-5H2. The van der Waals surface area contributed by atoms with Gasteiger partial charge in [-0.15, -0.1) is 11.3 Å². The molecular weight excluding hydrogens is 158 g/mol. The van der Waals surface area contributed by atoms with E-state index in [0.717, 1.165) is 24.6 Å². The Hall–Kier alpha value is -0.670. The molecule has 0 N–H and O–H groups in total. The van der Waals surface area contributed by atoms with Crippen molar-refractivity contribution < 1.29 is 4.74 Å². The first-order valence-corrected chi connectivity index (χ1v) is 4.51. The molecule has 0 radical (unpaired) electrons. The van der Waals surface area contributed by atoms with Crippen molar-refractivity contribution in [1.82, 2.24) is 4.98 Å². The van der Waals surface area contributed by atoms with Crippen molar-refractivity contribution in [2.45, 2.75) is 6.42 Å². The van der Waals surface area contributed by atoms with Crippen LogP contribution in [0, 0.1) is 0 Å². The number of hydrogen-bond acceptors (Lipinski definition) is 3. The Morgan fingerprint density at radius 1 is 1.55 bits per heavy atom. The molecule has 0 aromatic carbocycles. The summed E-state index contributed by atoms with van der Waals surface area (Å²) in [5.41, 5.74) is 1.34. The van der Waals surface area contributed by atoms with Gasteiger partial charge in [-0.1, -0.05) is 6.08 Å². The van der Waals surface area contributed by atoms with E-state index in [1.54, 1.807) is 11.3 Å². The molecule has 2 nitrogen and oxygen atoms in total. The zero-order valence-corrected chi connectivity index (χ0v) is 6.93. The minimum absolute atomic E-state index is 0.745. The molecule has 0 amide bonds. The Morgan fingerprint density at radius 2 is 2.55 bits per heavy atom. The van der Waals surface area contributed by atoms with Gasteiger partial charge in [0, 0.05) is 11.6 Å². The average Bonchev–Trinajstić information content (AvgIpc) is 2.58. The summed E-state index contributed by atoms with van der Waals surface area (Å²) >= 11 is 1.69. The molecule has 1 aliphatic rings. The third-order valence-corrected chi connectivity index (χ3v) is 2.52. The molecule has 2 heterocycles. The largest absolute Gasteiger partial charge is 0.377 e. The summed E-state index contributed by atoms with van der Waals surface area (Å²) in [4.78, 5) is 4.23. The molecule has 3 heteroatoms. The van der Waals surface area contributed by atoms with Gasteiger partial charge in [0.05, 0.1) is 13.2 Å². The molecule has 0 atom stereocenters. The zero-order chi connectivity index (χ0) is 7.52. The summed E-state index contributed by atoms with van der Waals surface area (Å²) in [6.45, 7) is 1.58. The van der Waals surface area contributed by atoms with Crippen LogP contribution in [0.15, 0.2) is 17.7 Å². The highest BCUT2D eigenvalue weighted by Crippen LogP contribution is 2.22. The van der Waals surface area contributed by atoms with Crippen LogP contribution in [0.4, 0.5) is 0 Å². The van der Waals surface area contributed by atoms with E-state index in [2.05, 4.69) is 11.1 Å². The monoisotopic (exact) mass is 167 g/mol. The van der Waals surface area contributed by atoms with Gasteiger partial charge >= 0.3 is 0 Å². The van der Waals surface area contributed by atoms with Gasteiger partial charge in [0.25, 0.3) is 0 Å². The maximum absolute atomic E-state index is 5.20. The van der Waals surface area contributed by atoms with Crippen molar-refractivity contribution in [3.05, 3.63) is 22.7 Å². The molecule has 0 spiro atoms. The third kappa shape index (κ3) is 1.49. The van der Waals surface area contributed by atoms with E-state index < -0.39 is 0 Å². The van der Waals surface area contributed by atoms with Gasteiger partial charge in [0.2, 0.25) is 0 Å². The van der Waals surface area contributed by atoms with Crippen LogP contribution in [-0.2, 0) is 4.74 Å². The smallest absolute Gasteiger partial charge is 0.119 e. The summed E-state index contributed by atoms with van der Waals surface area (Å²) in [6.07, 6.45) is 4.96. The molecule has 0 fully saturated rings. The van der Waals surface area contributed by atoms with E-state index in [9.17, 15) is 0 Å². The van der Waals surface area contributed by atoms with Crippen LogP contribution < -0.4 is 0 Å². The number of aromatic nitrogens is 1. The number of nitrogens with zero attached hydrogens (tertiary/aromatic N) is 1. The zero-order valence-electron chi connectivity index (χ0n) is 6.12. The van der Waals surface area contributed by atoms with E-state index >= 15 is 0 Å². The lowest BCUT2D eigenvalue weighted by molar-refractivity contribution is 0.161. The molecule has 1 aromatic rings. The molecule has 0 saturated heterocycles. The average molecular weight is 167 g/mol. The van der Waals surface area contributed by atoms with E-state index in [0.29, 0.717) is 0 Å². The number of hydrogen-bond donors (Lipinski definition) is 0. The molecule has 11 heavy (non-hydrogen) atoms. The lowest BCUT2D eigenvalue weighted by atomic mass is 10.2. The fraction of sp³-hybridized carbons (Fsp3) is 0.375. The molecule has 0 aliphatic carbocycles. The third-order valence-electron chi connectivity index (χ3n) is 1.67. The summed E-state index contributed by atoms with van der Waals surface area (Å²) in [5.74, 6) is 0. The molecule has 0 bridgehead atoms. The molecular formula is C8H9NOS. The van der Waals surface area contributed by atoms with Crippen molar-refractivity contribution in [3.8, 4) is 0 Å².